The van der Waals surface area contributed by atoms with E-state index in [1.807, 2.05) is 11.3 Å². The first-order chi connectivity index (χ1) is 8.33. The van der Waals surface area contributed by atoms with Crippen LogP contribution in [-0.4, -0.2) is 6.54 Å². The molecule has 2 fully saturated rings. The Labute approximate surface area is 116 Å². The minimum Gasteiger partial charge on any atom is -0.309 e. The maximum atomic E-state index is 3.72. The van der Waals surface area contributed by atoms with Crippen LogP contribution in [-0.2, 0) is 0 Å². The third kappa shape index (κ3) is 2.22. The highest BCUT2D eigenvalue weighted by molar-refractivity contribution is 9.10. The van der Waals surface area contributed by atoms with Gasteiger partial charge in [0.15, 0.2) is 0 Å². The first-order valence-electron chi connectivity index (χ1n) is 6.79. The van der Waals surface area contributed by atoms with Crippen LogP contribution >= 0.6 is 27.3 Å². The molecule has 0 aliphatic heterocycles. The summed E-state index contributed by atoms with van der Waals surface area (Å²) >= 11 is 5.60. The lowest BCUT2D eigenvalue weighted by molar-refractivity contribution is 0.462. The zero-order valence-corrected chi connectivity index (χ0v) is 12.7. The molecule has 1 heterocycles. The molecule has 94 valence electrons. The first kappa shape index (κ1) is 12.2. The van der Waals surface area contributed by atoms with Crippen molar-refractivity contribution in [2.24, 2.45) is 17.8 Å². The van der Waals surface area contributed by atoms with E-state index in [0.717, 1.165) is 24.3 Å². The van der Waals surface area contributed by atoms with Crippen molar-refractivity contribution in [2.45, 2.75) is 38.6 Å². The summed E-state index contributed by atoms with van der Waals surface area (Å²) in [6.07, 6.45) is 5.87. The van der Waals surface area contributed by atoms with Crippen LogP contribution in [0.3, 0.4) is 0 Å². The molecule has 0 radical (unpaired) electrons. The summed E-state index contributed by atoms with van der Waals surface area (Å²) in [4.78, 5) is 1.52. The zero-order valence-electron chi connectivity index (χ0n) is 10.3. The minimum atomic E-state index is 0.600. The van der Waals surface area contributed by atoms with Crippen molar-refractivity contribution in [3.8, 4) is 0 Å². The van der Waals surface area contributed by atoms with E-state index in [9.17, 15) is 0 Å². The Balaban J connectivity index is 1.79. The number of fused-ring (bicyclic) bond motifs is 1. The quantitative estimate of drug-likeness (QED) is 0.856. The molecule has 3 atom stereocenters. The van der Waals surface area contributed by atoms with Gasteiger partial charge in [-0.25, -0.2) is 0 Å². The van der Waals surface area contributed by atoms with Crippen molar-refractivity contribution in [3.05, 3.63) is 20.8 Å². The molecule has 2 aliphatic carbocycles. The van der Waals surface area contributed by atoms with Crippen LogP contribution in [0.1, 0.15) is 43.5 Å². The molecule has 0 bridgehead atoms. The van der Waals surface area contributed by atoms with Crippen LogP contribution in [0.4, 0.5) is 0 Å². The minimum absolute atomic E-state index is 0.600. The summed E-state index contributed by atoms with van der Waals surface area (Å²) in [5.41, 5.74) is 0. The van der Waals surface area contributed by atoms with Gasteiger partial charge >= 0.3 is 0 Å². The Bertz CT molecular complexity index is 377. The van der Waals surface area contributed by atoms with E-state index in [0.29, 0.717) is 6.04 Å². The van der Waals surface area contributed by atoms with Crippen molar-refractivity contribution >= 4 is 27.3 Å². The lowest BCUT2D eigenvalue weighted by Gasteiger charge is -2.17. The van der Waals surface area contributed by atoms with E-state index in [1.165, 1.54) is 35.0 Å². The molecule has 1 N–H and O–H groups in total. The molecule has 0 amide bonds. The van der Waals surface area contributed by atoms with Gasteiger partial charge in [-0.2, -0.15) is 0 Å². The fraction of sp³-hybridized carbons (Fsp3) is 0.714. The molecule has 1 nitrogen and oxygen atoms in total. The third-order valence-corrected chi connectivity index (χ3v) is 6.41. The van der Waals surface area contributed by atoms with Crippen molar-refractivity contribution in [2.75, 3.05) is 6.54 Å². The number of nitrogens with one attached hydrogen (secondary N) is 1. The van der Waals surface area contributed by atoms with Gasteiger partial charge < -0.3 is 5.32 Å². The van der Waals surface area contributed by atoms with Crippen molar-refractivity contribution in [1.82, 2.24) is 5.32 Å². The number of thiophene rings is 1. The topological polar surface area (TPSA) is 12.0 Å². The fourth-order valence-corrected chi connectivity index (χ4v) is 5.45. The number of rotatable bonds is 4. The fourth-order valence-electron chi connectivity index (χ4n) is 3.69. The summed E-state index contributed by atoms with van der Waals surface area (Å²) in [5, 5.41) is 5.93. The van der Waals surface area contributed by atoms with Gasteiger partial charge in [-0.15, -0.1) is 11.3 Å². The van der Waals surface area contributed by atoms with E-state index in [1.54, 1.807) is 0 Å². The number of hydrogen-bond acceptors (Lipinski definition) is 2. The molecule has 3 unspecified atom stereocenters. The average Bonchev–Trinajstić information content (AvgIpc) is 2.91. The largest absolute Gasteiger partial charge is 0.309 e. The Hall–Kier alpha value is 0.140. The van der Waals surface area contributed by atoms with E-state index in [-0.39, 0.29) is 0 Å². The summed E-state index contributed by atoms with van der Waals surface area (Å²) < 4.78 is 1.30. The maximum Gasteiger partial charge on any atom is 0.0460 e. The van der Waals surface area contributed by atoms with Crippen molar-refractivity contribution in [3.63, 3.8) is 0 Å². The summed E-state index contributed by atoms with van der Waals surface area (Å²) in [5.74, 6) is 2.94. The van der Waals surface area contributed by atoms with E-state index >= 15 is 0 Å². The van der Waals surface area contributed by atoms with Gasteiger partial charge in [-0.1, -0.05) is 19.8 Å². The molecule has 1 aromatic rings. The van der Waals surface area contributed by atoms with Gasteiger partial charge in [0.2, 0.25) is 0 Å². The van der Waals surface area contributed by atoms with Gasteiger partial charge in [0.1, 0.15) is 0 Å². The molecular weight excluding hydrogens is 294 g/mol. The van der Waals surface area contributed by atoms with Gasteiger partial charge in [0.05, 0.1) is 0 Å². The molecule has 0 saturated heterocycles. The van der Waals surface area contributed by atoms with Crippen LogP contribution in [0.15, 0.2) is 15.9 Å². The van der Waals surface area contributed by atoms with Crippen molar-refractivity contribution < 1.29 is 0 Å². The Morgan fingerprint density at radius 3 is 2.65 bits per heavy atom. The van der Waals surface area contributed by atoms with E-state index < -0.39 is 0 Å². The van der Waals surface area contributed by atoms with Gasteiger partial charge in [-0.3, -0.25) is 0 Å². The number of halogens is 1. The highest BCUT2D eigenvalue weighted by Crippen LogP contribution is 2.61. The first-order valence-corrected chi connectivity index (χ1v) is 8.46. The van der Waals surface area contributed by atoms with Crippen LogP contribution in [0.2, 0.25) is 0 Å². The summed E-state index contributed by atoms with van der Waals surface area (Å²) in [6.45, 7) is 3.30. The molecule has 3 rings (SSSR count). The number of hydrogen-bond donors (Lipinski definition) is 1. The van der Waals surface area contributed by atoms with Crippen LogP contribution in [0.5, 0.6) is 0 Å². The molecule has 2 aliphatic rings. The predicted molar refractivity (Wildman–Crippen MR) is 77.4 cm³/mol. The normalized spacial score (nSPS) is 33.2. The Morgan fingerprint density at radius 1 is 1.41 bits per heavy atom. The molecular formula is C14H20BrNS. The van der Waals surface area contributed by atoms with Gasteiger partial charge in [0, 0.05) is 15.4 Å². The molecule has 0 spiro atoms. The summed E-state index contributed by atoms with van der Waals surface area (Å²) in [6, 6.07) is 2.79. The molecule has 1 aromatic heterocycles. The summed E-state index contributed by atoms with van der Waals surface area (Å²) in [7, 11) is 0. The Morgan fingerprint density at radius 2 is 2.12 bits per heavy atom. The average molecular weight is 314 g/mol. The second-order valence-electron chi connectivity index (χ2n) is 5.36. The highest BCUT2D eigenvalue weighted by atomic mass is 79.9. The molecule has 17 heavy (non-hydrogen) atoms. The zero-order chi connectivity index (χ0) is 11.8. The second kappa shape index (κ2) is 5.02. The molecule has 2 saturated carbocycles. The molecule has 3 heteroatoms. The Kier molecular flexibility index (Phi) is 3.60. The van der Waals surface area contributed by atoms with Crippen LogP contribution in [0.25, 0.3) is 0 Å². The van der Waals surface area contributed by atoms with E-state index in [4.69, 9.17) is 0 Å². The third-order valence-electron chi connectivity index (χ3n) is 4.46. The smallest absolute Gasteiger partial charge is 0.0460 e. The lowest BCUT2D eigenvalue weighted by atomic mass is 10.0. The van der Waals surface area contributed by atoms with Gasteiger partial charge in [0.25, 0.3) is 0 Å². The standard InChI is InChI=1S/C14H20BrNS/c1-2-16-13(14-11(15)7-8-17-14)12-9-5-3-4-6-10(9)12/h7-10,12-13,16H,2-6H2,1H3. The molecule has 0 aromatic carbocycles. The van der Waals surface area contributed by atoms with Gasteiger partial charge in [-0.05, 0) is 64.5 Å². The van der Waals surface area contributed by atoms with Crippen LogP contribution < -0.4 is 5.32 Å². The van der Waals surface area contributed by atoms with Crippen LogP contribution in [0, 0.1) is 17.8 Å². The van der Waals surface area contributed by atoms with Crippen molar-refractivity contribution in [1.29, 1.82) is 0 Å². The predicted octanol–water partition coefficient (Wildman–Crippen LogP) is 4.60. The highest BCUT2D eigenvalue weighted by Gasteiger charge is 2.54. The lowest BCUT2D eigenvalue weighted by Crippen LogP contribution is -2.23. The maximum absolute atomic E-state index is 3.72. The second-order valence-corrected chi connectivity index (χ2v) is 7.16. The van der Waals surface area contributed by atoms with E-state index in [2.05, 4.69) is 39.6 Å². The monoisotopic (exact) mass is 313 g/mol. The SMILES string of the molecule is CCNC(c1sccc1Br)C1C2CCCCC21.